The molecule has 0 radical (unpaired) electrons. The van der Waals surface area contributed by atoms with Crippen LogP contribution in [0.4, 0.5) is 5.69 Å². The molecule has 30 heavy (non-hydrogen) atoms. The van der Waals surface area contributed by atoms with E-state index in [-0.39, 0.29) is 17.9 Å². The Morgan fingerprint density at radius 2 is 1.77 bits per heavy atom. The number of hydrogen-bond donors (Lipinski definition) is 1. The fraction of sp³-hybridized carbons (Fsp3) is 0.200. The highest BCUT2D eigenvalue weighted by molar-refractivity contribution is 9.10. The molecular weight excluding hydrogens is 440 g/mol. The second kappa shape index (κ2) is 7.40. The largest absolute Gasteiger partial charge is 0.330 e. The molecule has 4 nitrogen and oxygen atoms in total. The van der Waals surface area contributed by atoms with Gasteiger partial charge in [-0.2, -0.15) is 0 Å². The highest BCUT2D eigenvalue weighted by Crippen LogP contribution is 2.46. The molecule has 5 rings (SSSR count). The number of nitrogens with one attached hydrogen (secondary N) is 1. The van der Waals surface area contributed by atoms with Crippen molar-refractivity contribution in [2.24, 2.45) is 0 Å². The summed E-state index contributed by atoms with van der Waals surface area (Å²) in [7, 11) is 0. The third kappa shape index (κ3) is 3.05. The van der Waals surface area contributed by atoms with E-state index in [4.69, 9.17) is 0 Å². The van der Waals surface area contributed by atoms with Gasteiger partial charge in [0.25, 0.3) is 5.91 Å². The number of aryl methyl sites for hydroxylation is 1. The summed E-state index contributed by atoms with van der Waals surface area (Å²) in [6.07, 6.45) is 0.804. The van der Waals surface area contributed by atoms with Crippen LogP contribution in [0, 0.1) is 6.92 Å². The summed E-state index contributed by atoms with van der Waals surface area (Å²) in [4.78, 5) is 28.8. The monoisotopic (exact) mass is 460 g/mol. The molecule has 3 aromatic carbocycles. The zero-order valence-corrected chi connectivity index (χ0v) is 18.1. The van der Waals surface area contributed by atoms with E-state index in [1.165, 1.54) is 5.56 Å². The van der Waals surface area contributed by atoms with Gasteiger partial charge < -0.3 is 10.2 Å². The number of rotatable bonds is 2. The first kappa shape index (κ1) is 19.1. The number of anilines is 1. The molecule has 0 aromatic heterocycles. The van der Waals surface area contributed by atoms with Gasteiger partial charge in [-0.1, -0.05) is 48.5 Å². The highest BCUT2D eigenvalue weighted by atomic mass is 79.9. The van der Waals surface area contributed by atoms with Crippen molar-refractivity contribution in [2.45, 2.75) is 25.3 Å². The van der Waals surface area contributed by atoms with Crippen LogP contribution in [0.3, 0.4) is 0 Å². The van der Waals surface area contributed by atoms with Crippen molar-refractivity contribution in [1.29, 1.82) is 0 Å². The summed E-state index contributed by atoms with van der Waals surface area (Å²) in [5, 5.41) is 3.10. The van der Waals surface area contributed by atoms with E-state index >= 15 is 0 Å². The molecule has 0 spiro atoms. The maximum Gasteiger partial charge on any atom is 0.254 e. The first-order valence-corrected chi connectivity index (χ1v) is 10.9. The summed E-state index contributed by atoms with van der Waals surface area (Å²) in [6, 6.07) is 21.2. The van der Waals surface area contributed by atoms with Crippen LogP contribution < -0.4 is 5.32 Å². The van der Waals surface area contributed by atoms with Crippen molar-refractivity contribution >= 4 is 33.4 Å². The van der Waals surface area contributed by atoms with Gasteiger partial charge in [0.2, 0.25) is 5.91 Å². The van der Waals surface area contributed by atoms with Crippen LogP contribution in [-0.4, -0.2) is 23.3 Å². The molecule has 0 bridgehead atoms. The molecule has 2 aliphatic rings. The molecule has 150 valence electrons. The van der Waals surface area contributed by atoms with Gasteiger partial charge in [0.1, 0.15) is 0 Å². The fourth-order valence-corrected chi connectivity index (χ4v) is 5.28. The van der Waals surface area contributed by atoms with Crippen molar-refractivity contribution in [1.82, 2.24) is 4.90 Å². The number of benzene rings is 3. The number of halogens is 1. The van der Waals surface area contributed by atoms with Gasteiger partial charge in [-0.25, -0.2) is 0 Å². The maximum absolute atomic E-state index is 13.7. The molecule has 0 saturated carbocycles. The van der Waals surface area contributed by atoms with E-state index in [0.717, 1.165) is 33.3 Å². The Balaban J connectivity index is 1.63. The second-order valence-corrected chi connectivity index (χ2v) is 8.78. The van der Waals surface area contributed by atoms with Crippen LogP contribution in [0.5, 0.6) is 0 Å². The molecule has 2 amide bonds. The predicted molar refractivity (Wildman–Crippen MR) is 121 cm³/mol. The van der Waals surface area contributed by atoms with Crippen LogP contribution in [0.2, 0.25) is 0 Å². The van der Waals surface area contributed by atoms with E-state index in [2.05, 4.69) is 33.4 Å². The summed E-state index contributed by atoms with van der Waals surface area (Å²) < 4.78 is 0.844. The van der Waals surface area contributed by atoms with Gasteiger partial charge in [-0.05, 0) is 69.7 Å². The van der Waals surface area contributed by atoms with Crippen molar-refractivity contribution in [3.63, 3.8) is 0 Å². The van der Waals surface area contributed by atoms with Crippen LogP contribution in [0.25, 0.3) is 0 Å². The Bertz CT molecular complexity index is 1170. The molecule has 3 aromatic rings. The average molecular weight is 461 g/mol. The lowest BCUT2D eigenvalue weighted by Gasteiger charge is -2.45. The molecule has 5 heteroatoms. The lowest BCUT2D eigenvalue weighted by molar-refractivity contribution is -0.119. The van der Waals surface area contributed by atoms with Crippen molar-refractivity contribution in [3.05, 3.63) is 99.0 Å². The topological polar surface area (TPSA) is 49.4 Å². The van der Waals surface area contributed by atoms with E-state index in [1.54, 1.807) is 0 Å². The van der Waals surface area contributed by atoms with Crippen LogP contribution in [-0.2, 0) is 11.2 Å². The number of carbonyl (C=O) groups excluding carboxylic acids is 2. The molecule has 2 atom stereocenters. The number of hydrogen-bond acceptors (Lipinski definition) is 2. The van der Waals surface area contributed by atoms with Gasteiger partial charge in [-0.15, -0.1) is 0 Å². The minimum Gasteiger partial charge on any atom is -0.330 e. The molecule has 0 saturated heterocycles. The molecule has 0 fully saturated rings. The fourth-order valence-electron chi connectivity index (χ4n) is 4.69. The lowest BCUT2D eigenvalue weighted by Crippen LogP contribution is -2.49. The summed E-state index contributed by atoms with van der Waals surface area (Å²) in [6.45, 7) is 2.63. The Morgan fingerprint density at radius 1 is 1.03 bits per heavy atom. The van der Waals surface area contributed by atoms with Gasteiger partial charge in [0.05, 0.1) is 17.6 Å². The predicted octanol–water partition coefficient (Wildman–Crippen LogP) is 5.23. The summed E-state index contributed by atoms with van der Waals surface area (Å²) >= 11 is 3.56. The average Bonchev–Trinajstić information content (AvgIpc) is 2.76. The van der Waals surface area contributed by atoms with E-state index in [0.29, 0.717) is 12.1 Å². The van der Waals surface area contributed by atoms with Gasteiger partial charge in [-0.3, -0.25) is 9.59 Å². The Labute approximate surface area is 184 Å². The molecule has 2 unspecified atom stereocenters. The van der Waals surface area contributed by atoms with E-state index in [1.807, 2.05) is 66.4 Å². The van der Waals surface area contributed by atoms with Crippen molar-refractivity contribution in [3.8, 4) is 0 Å². The van der Waals surface area contributed by atoms with Crippen molar-refractivity contribution < 1.29 is 9.59 Å². The first-order valence-electron chi connectivity index (χ1n) is 10.1. The Morgan fingerprint density at radius 3 is 2.57 bits per heavy atom. The number of carbonyl (C=O) groups is 2. The van der Waals surface area contributed by atoms with E-state index in [9.17, 15) is 9.59 Å². The number of amides is 2. The molecular formula is C25H21BrN2O2. The third-order valence-electron chi connectivity index (χ3n) is 6.10. The van der Waals surface area contributed by atoms with Crippen LogP contribution >= 0.6 is 15.9 Å². The van der Waals surface area contributed by atoms with E-state index < -0.39 is 5.92 Å². The van der Waals surface area contributed by atoms with Crippen LogP contribution in [0.15, 0.2) is 71.2 Å². The Kier molecular flexibility index (Phi) is 4.70. The number of fused-ring (bicyclic) bond motifs is 4. The van der Waals surface area contributed by atoms with Crippen molar-refractivity contribution in [2.75, 3.05) is 11.9 Å². The normalized spacial score (nSPS) is 19.5. The molecule has 2 aliphatic heterocycles. The zero-order chi connectivity index (χ0) is 20.8. The van der Waals surface area contributed by atoms with Gasteiger partial charge in [0.15, 0.2) is 0 Å². The summed E-state index contributed by atoms with van der Waals surface area (Å²) in [5.41, 5.74) is 5.53. The van der Waals surface area contributed by atoms with Crippen LogP contribution in [0.1, 0.15) is 44.6 Å². The summed E-state index contributed by atoms with van der Waals surface area (Å²) in [5.74, 6) is -0.578. The highest BCUT2D eigenvalue weighted by Gasteiger charge is 2.46. The number of nitrogens with zero attached hydrogens (tertiary/aromatic N) is 1. The maximum atomic E-state index is 13.7. The molecule has 1 N–H and O–H groups in total. The Hall–Kier alpha value is -2.92. The first-order chi connectivity index (χ1) is 14.5. The zero-order valence-electron chi connectivity index (χ0n) is 16.6. The lowest BCUT2D eigenvalue weighted by atomic mass is 9.76. The molecule has 2 heterocycles. The minimum absolute atomic E-state index is 0.00525. The smallest absolute Gasteiger partial charge is 0.254 e. The SMILES string of the molecule is Cc1ccc(NC(=O)C2c3ccccc3C(=O)N3CCc4ccccc4C23)c(Br)c1. The third-order valence-corrected chi connectivity index (χ3v) is 6.76. The second-order valence-electron chi connectivity index (χ2n) is 7.93. The standard InChI is InChI=1S/C25H21BrN2O2/c1-15-10-11-21(20(26)14-15)27-24(29)22-18-8-4-5-9-19(18)25(30)28-13-12-16-6-2-3-7-17(16)23(22)28/h2-11,14,22-23H,12-13H2,1H3,(H,27,29). The molecule has 0 aliphatic carbocycles. The van der Waals surface area contributed by atoms with Gasteiger partial charge in [0, 0.05) is 16.6 Å². The quantitative estimate of drug-likeness (QED) is 0.568. The minimum atomic E-state index is -0.478. The van der Waals surface area contributed by atoms with Gasteiger partial charge >= 0.3 is 0 Å².